The van der Waals surface area contributed by atoms with E-state index < -0.39 is 5.60 Å². The Bertz CT molecular complexity index is 216. The summed E-state index contributed by atoms with van der Waals surface area (Å²) < 4.78 is 0. The van der Waals surface area contributed by atoms with Crippen molar-refractivity contribution in [2.24, 2.45) is 17.8 Å². The Kier molecular flexibility index (Phi) is 1.25. The van der Waals surface area contributed by atoms with Crippen LogP contribution in [0.15, 0.2) is 0 Å². The molecular formula is C10H16O2. The van der Waals surface area contributed by atoms with Gasteiger partial charge in [-0.15, -0.1) is 0 Å². The van der Waals surface area contributed by atoms with Crippen molar-refractivity contribution in [1.29, 1.82) is 0 Å². The minimum absolute atomic E-state index is 0.203. The van der Waals surface area contributed by atoms with Crippen LogP contribution in [0.25, 0.3) is 0 Å². The zero-order valence-electron chi connectivity index (χ0n) is 7.24. The first-order chi connectivity index (χ1) is 5.71. The van der Waals surface area contributed by atoms with Gasteiger partial charge in [0.25, 0.3) is 0 Å². The number of aliphatic hydroxyl groups is 2. The van der Waals surface area contributed by atoms with Gasteiger partial charge in [-0.25, -0.2) is 0 Å². The van der Waals surface area contributed by atoms with Gasteiger partial charge in [0.2, 0.25) is 0 Å². The van der Waals surface area contributed by atoms with Crippen LogP contribution >= 0.6 is 0 Å². The molecule has 12 heavy (non-hydrogen) atoms. The molecule has 2 bridgehead atoms. The van der Waals surface area contributed by atoms with Gasteiger partial charge in [0.1, 0.15) is 0 Å². The van der Waals surface area contributed by atoms with E-state index in [0.29, 0.717) is 5.92 Å². The number of rotatable bonds is 0. The summed E-state index contributed by atoms with van der Waals surface area (Å²) in [6.45, 7) is 0. The number of hydrogen-bond acceptors (Lipinski definition) is 2. The molecule has 0 spiro atoms. The molecule has 0 saturated heterocycles. The molecule has 3 aliphatic rings. The fourth-order valence-corrected chi connectivity index (χ4v) is 4.05. The monoisotopic (exact) mass is 168 g/mol. The van der Waals surface area contributed by atoms with Crippen LogP contribution in [0.4, 0.5) is 0 Å². The zero-order chi connectivity index (χ0) is 8.34. The fraction of sp³-hybridized carbons (Fsp3) is 1.00. The van der Waals surface area contributed by atoms with E-state index in [2.05, 4.69) is 0 Å². The highest BCUT2D eigenvalue weighted by Crippen LogP contribution is 2.60. The van der Waals surface area contributed by atoms with Crippen molar-refractivity contribution < 1.29 is 10.2 Å². The van der Waals surface area contributed by atoms with Gasteiger partial charge in [-0.05, 0) is 43.9 Å². The smallest absolute Gasteiger partial charge is 0.0706 e. The minimum atomic E-state index is -0.467. The standard InChI is InChI=1S/C10H16O2/c11-8-2-1-7-6-3-4-10(12,5-6)9(7)8/h6-9,11-12H,1-5H2/t6-,7+,8+,9-,10-/m1/s1. The second kappa shape index (κ2) is 2.05. The summed E-state index contributed by atoms with van der Waals surface area (Å²) in [4.78, 5) is 0. The molecule has 2 N–H and O–H groups in total. The van der Waals surface area contributed by atoms with Gasteiger partial charge >= 0.3 is 0 Å². The third-order valence-corrected chi connectivity index (χ3v) is 4.46. The summed E-state index contributed by atoms with van der Waals surface area (Å²) in [6.07, 6.45) is 4.98. The Balaban J connectivity index is 1.98. The molecule has 0 heterocycles. The molecule has 2 heteroatoms. The Morgan fingerprint density at radius 3 is 2.75 bits per heavy atom. The van der Waals surface area contributed by atoms with Crippen molar-refractivity contribution in [3.8, 4) is 0 Å². The number of aliphatic hydroxyl groups excluding tert-OH is 1. The second-order valence-electron chi connectivity index (χ2n) is 4.94. The summed E-state index contributed by atoms with van der Waals surface area (Å²) in [5.41, 5.74) is -0.467. The van der Waals surface area contributed by atoms with Crippen LogP contribution in [0.1, 0.15) is 32.1 Å². The van der Waals surface area contributed by atoms with E-state index >= 15 is 0 Å². The van der Waals surface area contributed by atoms with Crippen molar-refractivity contribution in [2.45, 2.75) is 43.8 Å². The summed E-state index contributed by atoms with van der Waals surface area (Å²) >= 11 is 0. The van der Waals surface area contributed by atoms with Crippen LogP contribution in [-0.2, 0) is 0 Å². The average Bonchev–Trinajstić information content (AvgIpc) is 2.61. The van der Waals surface area contributed by atoms with Crippen LogP contribution in [0.2, 0.25) is 0 Å². The minimum Gasteiger partial charge on any atom is -0.393 e. The highest BCUT2D eigenvalue weighted by Gasteiger charge is 2.61. The van der Waals surface area contributed by atoms with E-state index in [-0.39, 0.29) is 12.0 Å². The summed E-state index contributed by atoms with van der Waals surface area (Å²) in [6, 6.07) is 0. The molecule has 0 aromatic carbocycles. The molecule has 0 radical (unpaired) electrons. The van der Waals surface area contributed by atoms with Gasteiger partial charge in [-0.1, -0.05) is 0 Å². The molecule has 0 aromatic heterocycles. The maximum absolute atomic E-state index is 10.2. The topological polar surface area (TPSA) is 40.5 Å². The van der Waals surface area contributed by atoms with Crippen LogP contribution < -0.4 is 0 Å². The molecule has 5 atom stereocenters. The Morgan fingerprint density at radius 1 is 1.17 bits per heavy atom. The molecule has 0 aromatic rings. The first kappa shape index (κ1) is 7.34. The van der Waals surface area contributed by atoms with Gasteiger partial charge < -0.3 is 10.2 Å². The lowest BCUT2D eigenvalue weighted by Gasteiger charge is -2.33. The van der Waals surface area contributed by atoms with Crippen LogP contribution in [0.3, 0.4) is 0 Å². The predicted molar refractivity (Wildman–Crippen MR) is 44.5 cm³/mol. The zero-order valence-corrected chi connectivity index (χ0v) is 7.24. The van der Waals surface area contributed by atoms with Gasteiger partial charge in [0, 0.05) is 5.92 Å². The van der Waals surface area contributed by atoms with E-state index in [9.17, 15) is 10.2 Å². The van der Waals surface area contributed by atoms with Crippen molar-refractivity contribution in [2.75, 3.05) is 0 Å². The molecule has 0 aliphatic heterocycles. The van der Waals surface area contributed by atoms with Gasteiger partial charge in [-0.3, -0.25) is 0 Å². The van der Waals surface area contributed by atoms with Gasteiger partial charge in [0.15, 0.2) is 0 Å². The maximum atomic E-state index is 10.2. The third-order valence-electron chi connectivity index (χ3n) is 4.46. The molecule has 3 saturated carbocycles. The quantitative estimate of drug-likeness (QED) is 0.564. The molecule has 0 amide bonds. The van der Waals surface area contributed by atoms with Gasteiger partial charge in [-0.2, -0.15) is 0 Å². The molecule has 0 unspecified atom stereocenters. The van der Waals surface area contributed by atoms with Gasteiger partial charge in [0.05, 0.1) is 11.7 Å². The van der Waals surface area contributed by atoms with Crippen LogP contribution in [0, 0.1) is 17.8 Å². The average molecular weight is 168 g/mol. The van der Waals surface area contributed by atoms with E-state index in [1.165, 1.54) is 6.42 Å². The fourth-order valence-electron chi connectivity index (χ4n) is 4.05. The van der Waals surface area contributed by atoms with Crippen molar-refractivity contribution in [3.05, 3.63) is 0 Å². The van der Waals surface area contributed by atoms with Crippen molar-refractivity contribution in [1.82, 2.24) is 0 Å². The highest BCUT2D eigenvalue weighted by atomic mass is 16.3. The SMILES string of the molecule is O[C@H]1CC[C@H]2[C@@H]3CC[C@@](O)(C3)[C@H]21. The lowest BCUT2D eigenvalue weighted by molar-refractivity contribution is -0.0527. The van der Waals surface area contributed by atoms with Crippen LogP contribution in [0.5, 0.6) is 0 Å². The summed E-state index contributed by atoms with van der Waals surface area (Å²) in [5, 5.41) is 19.9. The largest absolute Gasteiger partial charge is 0.393 e. The Morgan fingerprint density at radius 2 is 2.00 bits per heavy atom. The molecule has 3 rings (SSSR count). The first-order valence-corrected chi connectivity index (χ1v) is 5.11. The van der Waals surface area contributed by atoms with E-state index in [1.807, 2.05) is 0 Å². The molecule has 68 valence electrons. The molecule has 2 nitrogen and oxygen atoms in total. The normalized spacial score (nSPS) is 62.5. The lowest BCUT2D eigenvalue weighted by Crippen LogP contribution is -2.39. The Hall–Kier alpha value is -0.0800. The number of hydrogen-bond donors (Lipinski definition) is 2. The second-order valence-corrected chi connectivity index (χ2v) is 4.94. The third kappa shape index (κ3) is 0.686. The lowest BCUT2D eigenvalue weighted by atomic mass is 9.78. The van der Waals surface area contributed by atoms with Crippen LogP contribution in [-0.4, -0.2) is 21.9 Å². The van der Waals surface area contributed by atoms with E-state index in [4.69, 9.17) is 0 Å². The van der Waals surface area contributed by atoms with E-state index in [1.54, 1.807) is 0 Å². The maximum Gasteiger partial charge on any atom is 0.0706 e. The molecule has 3 fully saturated rings. The highest BCUT2D eigenvalue weighted by molar-refractivity contribution is 5.11. The first-order valence-electron chi connectivity index (χ1n) is 5.11. The van der Waals surface area contributed by atoms with E-state index in [0.717, 1.165) is 31.6 Å². The number of fused-ring (bicyclic) bond motifs is 5. The van der Waals surface area contributed by atoms with Crippen molar-refractivity contribution >= 4 is 0 Å². The van der Waals surface area contributed by atoms with Crippen molar-refractivity contribution in [3.63, 3.8) is 0 Å². The molecular weight excluding hydrogens is 152 g/mol. The predicted octanol–water partition coefficient (Wildman–Crippen LogP) is 0.918. The summed E-state index contributed by atoms with van der Waals surface area (Å²) in [7, 11) is 0. The summed E-state index contributed by atoms with van der Waals surface area (Å²) in [5.74, 6) is 1.62. The Labute approximate surface area is 72.6 Å². The molecule has 3 aliphatic carbocycles.